The van der Waals surface area contributed by atoms with Gasteiger partial charge in [-0.25, -0.2) is 0 Å². The number of aromatic nitrogens is 1. The van der Waals surface area contributed by atoms with Gasteiger partial charge >= 0.3 is 0 Å². The van der Waals surface area contributed by atoms with E-state index in [1.165, 1.54) is 0 Å². The molecule has 1 heterocycles. The molecule has 0 radical (unpaired) electrons. The first-order valence-electron chi connectivity index (χ1n) is 3.07. The van der Waals surface area contributed by atoms with Gasteiger partial charge in [-0.05, 0) is 18.1 Å². The SMILES string of the molecule is Cc1ncc(Cl)cc1[S+](C)[O-]. The molecule has 0 saturated heterocycles. The highest BCUT2D eigenvalue weighted by atomic mass is 35.5. The second-order valence-corrected chi connectivity index (χ2v) is 3.98. The molecule has 1 aromatic heterocycles. The summed E-state index contributed by atoms with van der Waals surface area (Å²) in [5.41, 5.74) is 0.773. The standard InChI is InChI=1S/C7H8ClNOS/c1-5-7(11(2)10)3-6(8)4-9-5/h3-4H,1-2H3. The van der Waals surface area contributed by atoms with Gasteiger partial charge in [0.1, 0.15) is 6.26 Å². The van der Waals surface area contributed by atoms with Gasteiger partial charge < -0.3 is 4.55 Å². The van der Waals surface area contributed by atoms with Crippen LogP contribution in [0.1, 0.15) is 5.69 Å². The molecule has 0 fully saturated rings. The number of aryl methyl sites for hydroxylation is 1. The Morgan fingerprint density at radius 1 is 1.64 bits per heavy atom. The zero-order valence-electron chi connectivity index (χ0n) is 6.30. The van der Waals surface area contributed by atoms with E-state index in [2.05, 4.69) is 4.98 Å². The zero-order valence-corrected chi connectivity index (χ0v) is 7.87. The van der Waals surface area contributed by atoms with E-state index >= 15 is 0 Å². The van der Waals surface area contributed by atoms with Crippen LogP contribution >= 0.6 is 11.6 Å². The van der Waals surface area contributed by atoms with Gasteiger partial charge in [0.05, 0.1) is 10.7 Å². The Labute approximate surface area is 73.8 Å². The van der Waals surface area contributed by atoms with Crippen LogP contribution in [0, 0.1) is 6.92 Å². The molecule has 0 amide bonds. The van der Waals surface area contributed by atoms with E-state index in [1.807, 2.05) is 6.92 Å². The van der Waals surface area contributed by atoms with Crippen LogP contribution in [0.15, 0.2) is 17.2 Å². The first-order valence-corrected chi connectivity index (χ1v) is 5.00. The third-order valence-electron chi connectivity index (χ3n) is 1.32. The summed E-state index contributed by atoms with van der Waals surface area (Å²) in [4.78, 5) is 4.68. The van der Waals surface area contributed by atoms with Crippen LogP contribution < -0.4 is 0 Å². The van der Waals surface area contributed by atoms with Gasteiger partial charge in [-0.1, -0.05) is 11.6 Å². The van der Waals surface area contributed by atoms with Crippen LogP contribution in [-0.4, -0.2) is 15.8 Å². The second kappa shape index (κ2) is 3.43. The van der Waals surface area contributed by atoms with Crippen molar-refractivity contribution in [2.45, 2.75) is 11.8 Å². The Balaban J connectivity index is 3.13. The van der Waals surface area contributed by atoms with E-state index < -0.39 is 11.2 Å². The summed E-state index contributed by atoms with van der Waals surface area (Å²) in [6.45, 7) is 1.81. The molecule has 0 saturated carbocycles. The number of hydrogen-bond donors (Lipinski definition) is 0. The number of hydrogen-bond acceptors (Lipinski definition) is 2. The van der Waals surface area contributed by atoms with Crippen LogP contribution in [-0.2, 0) is 11.2 Å². The van der Waals surface area contributed by atoms with E-state index in [9.17, 15) is 4.55 Å². The highest BCUT2D eigenvalue weighted by Gasteiger charge is 2.09. The third kappa shape index (κ3) is 2.09. The summed E-state index contributed by atoms with van der Waals surface area (Å²) < 4.78 is 11.0. The average Bonchev–Trinajstić information content (AvgIpc) is 1.94. The Hall–Kier alpha value is -0.250. The van der Waals surface area contributed by atoms with E-state index in [4.69, 9.17) is 11.6 Å². The van der Waals surface area contributed by atoms with Crippen molar-refractivity contribution in [1.82, 2.24) is 4.98 Å². The van der Waals surface area contributed by atoms with Crippen molar-refractivity contribution in [2.75, 3.05) is 6.26 Å². The van der Waals surface area contributed by atoms with E-state index in [-0.39, 0.29) is 0 Å². The zero-order chi connectivity index (χ0) is 8.43. The number of halogens is 1. The largest absolute Gasteiger partial charge is 0.612 e. The van der Waals surface area contributed by atoms with Crippen molar-refractivity contribution in [1.29, 1.82) is 0 Å². The second-order valence-electron chi connectivity index (χ2n) is 2.19. The fourth-order valence-corrected chi connectivity index (χ4v) is 1.76. The minimum absolute atomic E-state index is 0.529. The summed E-state index contributed by atoms with van der Waals surface area (Å²) >= 11 is 4.67. The molecule has 11 heavy (non-hydrogen) atoms. The fraction of sp³-hybridized carbons (Fsp3) is 0.286. The molecule has 0 aromatic carbocycles. The Bertz CT molecular complexity index is 265. The van der Waals surface area contributed by atoms with Crippen LogP contribution in [0.25, 0.3) is 0 Å². The van der Waals surface area contributed by atoms with Crippen LogP contribution in [0.3, 0.4) is 0 Å². The maximum Gasteiger partial charge on any atom is 0.175 e. The van der Waals surface area contributed by atoms with Gasteiger partial charge in [-0.15, -0.1) is 0 Å². The van der Waals surface area contributed by atoms with Gasteiger partial charge in [0.15, 0.2) is 4.90 Å². The monoisotopic (exact) mass is 189 g/mol. The minimum Gasteiger partial charge on any atom is -0.612 e. The molecule has 0 bridgehead atoms. The predicted molar refractivity (Wildman–Crippen MR) is 46.3 cm³/mol. The minimum atomic E-state index is -0.998. The molecular weight excluding hydrogens is 182 g/mol. The van der Waals surface area contributed by atoms with Gasteiger partial charge in [0.2, 0.25) is 0 Å². The van der Waals surface area contributed by atoms with E-state index in [0.29, 0.717) is 9.92 Å². The highest BCUT2D eigenvalue weighted by Crippen LogP contribution is 2.17. The lowest BCUT2D eigenvalue weighted by atomic mass is 10.4. The number of rotatable bonds is 1. The lowest BCUT2D eigenvalue weighted by molar-refractivity contribution is 0.599. The Kier molecular flexibility index (Phi) is 2.76. The first kappa shape index (κ1) is 8.84. The van der Waals surface area contributed by atoms with E-state index in [0.717, 1.165) is 5.69 Å². The summed E-state index contributed by atoms with van der Waals surface area (Å²) in [6.07, 6.45) is 3.16. The molecule has 60 valence electrons. The predicted octanol–water partition coefficient (Wildman–Crippen LogP) is 1.78. The Morgan fingerprint density at radius 3 is 2.73 bits per heavy atom. The topological polar surface area (TPSA) is 36.0 Å². The third-order valence-corrected chi connectivity index (χ3v) is 2.56. The van der Waals surface area contributed by atoms with Crippen molar-refractivity contribution < 1.29 is 4.55 Å². The average molecular weight is 190 g/mol. The van der Waals surface area contributed by atoms with Crippen molar-refractivity contribution in [3.05, 3.63) is 23.0 Å². The van der Waals surface area contributed by atoms with Gasteiger partial charge in [-0.2, -0.15) is 0 Å². The van der Waals surface area contributed by atoms with Crippen molar-refractivity contribution in [3.63, 3.8) is 0 Å². The normalized spacial score (nSPS) is 13.1. The fourth-order valence-electron chi connectivity index (χ4n) is 0.780. The summed E-state index contributed by atoms with van der Waals surface area (Å²) in [6, 6.07) is 1.68. The number of nitrogens with zero attached hydrogens (tertiary/aromatic N) is 1. The summed E-state index contributed by atoms with van der Waals surface area (Å²) in [5.74, 6) is 0. The van der Waals surface area contributed by atoms with Crippen LogP contribution in [0.5, 0.6) is 0 Å². The van der Waals surface area contributed by atoms with Crippen LogP contribution in [0.4, 0.5) is 0 Å². The smallest absolute Gasteiger partial charge is 0.175 e. The molecule has 1 atom stereocenters. The molecule has 0 N–H and O–H groups in total. The molecule has 1 unspecified atom stereocenters. The van der Waals surface area contributed by atoms with E-state index in [1.54, 1.807) is 18.5 Å². The molecule has 0 aliphatic rings. The van der Waals surface area contributed by atoms with Gasteiger partial charge in [-0.3, -0.25) is 4.98 Å². The maximum atomic E-state index is 11.0. The van der Waals surface area contributed by atoms with Crippen molar-refractivity contribution >= 4 is 22.8 Å². The van der Waals surface area contributed by atoms with Gasteiger partial charge in [0.25, 0.3) is 0 Å². The maximum absolute atomic E-state index is 11.0. The summed E-state index contributed by atoms with van der Waals surface area (Å²) in [7, 11) is 0. The molecule has 4 heteroatoms. The van der Waals surface area contributed by atoms with Crippen LogP contribution in [0.2, 0.25) is 5.02 Å². The first-order chi connectivity index (χ1) is 5.11. The molecular formula is C7H8ClNOS. The molecule has 0 aliphatic heterocycles. The molecule has 0 spiro atoms. The molecule has 1 rings (SSSR count). The van der Waals surface area contributed by atoms with Crippen molar-refractivity contribution in [3.8, 4) is 0 Å². The number of pyridine rings is 1. The highest BCUT2D eigenvalue weighted by molar-refractivity contribution is 7.90. The van der Waals surface area contributed by atoms with Gasteiger partial charge in [0, 0.05) is 12.3 Å². The lowest BCUT2D eigenvalue weighted by Gasteiger charge is -2.05. The quantitative estimate of drug-likeness (QED) is 0.632. The Morgan fingerprint density at radius 2 is 2.27 bits per heavy atom. The molecule has 1 aromatic rings. The molecule has 0 aliphatic carbocycles. The lowest BCUT2D eigenvalue weighted by Crippen LogP contribution is -2.01. The van der Waals surface area contributed by atoms with Crippen molar-refractivity contribution in [2.24, 2.45) is 0 Å². The summed E-state index contributed by atoms with van der Waals surface area (Å²) in [5, 5.41) is 0.529. The molecule has 2 nitrogen and oxygen atoms in total.